The Morgan fingerprint density at radius 1 is 1.16 bits per heavy atom. The fourth-order valence-electron chi connectivity index (χ4n) is 1.84. The van der Waals surface area contributed by atoms with Gasteiger partial charge in [0.1, 0.15) is 5.75 Å². The van der Waals surface area contributed by atoms with Crippen LogP contribution in [-0.4, -0.2) is 38.2 Å². The minimum Gasteiger partial charge on any atom is -0.497 e. The third-order valence-corrected chi connectivity index (χ3v) is 3.57. The van der Waals surface area contributed by atoms with Gasteiger partial charge in [0.05, 0.1) is 7.11 Å². The molecule has 1 N–H and O–H groups in total. The van der Waals surface area contributed by atoms with Gasteiger partial charge in [0, 0.05) is 25.7 Å². The summed E-state index contributed by atoms with van der Waals surface area (Å²) < 4.78 is 5.16. The van der Waals surface area contributed by atoms with Gasteiger partial charge in [-0.2, -0.15) is 0 Å². The molecule has 0 aliphatic carbocycles. The van der Waals surface area contributed by atoms with Crippen molar-refractivity contribution >= 4 is 0 Å². The first-order valence-corrected chi connectivity index (χ1v) is 7.07. The summed E-state index contributed by atoms with van der Waals surface area (Å²) in [4.78, 5) is 2.34. The number of likely N-dealkylation sites (N-methyl/N-ethyl adjacent to an activating group) is 1. The third-order valence-electron chi connectivity index (χ3n) is 3.57. The molecule has 0 amide bonds. The highest BCUT2D eigenvalue weighted by atomic mass is 16.5. The molecule has 0 aliphatic heterocycles. The summed E-state index contributed by atoms with van der Waals surface area (Å²) in [6.45, 7) is 9.81. The van der Waals surface area contributed by atoms with E-state index in [9.17, 15) is 0 Å². The lowest BCUT2D eigenvalue weighted by atomic mass is 10.1. The van der Waals surface area contributed by atoms with Gasteiger partial charge < -0.3 is 15.0 Å². The van der Waals surface area contributed by atoms with Crippen molar-refractivity contribution in [1.82, 2.24) is 10.2 Å². The number of methoxy groups -OCH3 is 1. The number of ether oxygens (including phenoxy) is 1. The Labute approximate surface area is 118 Å². The number of rotatable bonds is 8. The smallest absolute Gasteiger partial charge is 0.118 e. The van der Waals surface area contributed by atoms with E-state index >= 15 is 0 Å². The molecule has 1 aromatic rings. The van der Waals surface area contributed by atoms with Crippen LogP contribution in [0.1, 0.15) is 26.3 Å². The molecular weight excluding hydrogens is 236 g/mol. The average molecular weight is 264 g/mol. The Bertz CT molecular complexity index is 348. The largest absolute Gasteiger partial charge is 0.497 e. The van der Waals surface area contributed by atoms with Gasteiger partial charge in [-0.1, -0.05) is 26.0 Å². The Balaban J connectivity index is 2.28. The Morgan fingerprint density at radius 2 is 1.79 bits per heavy atom. The summed E-state index contributed by atoms with van der Waals surface area (Å²) in [5, 5.41) is 3.56. The van der Waals surface area contributed by atoms with Crippen LogP contribution in [0.3, 0.4) is 0 Å². The van der Waals surface area contributed by atoms with Crippen molar-refractivity contribution in [3.63, 3.8) is 0 Å². The van der Waals surface area contributed by atoms with Gasteiger partial charge in [-0.3, -0.25) is 0 Å². The topological polar surface area (TPSA) is 24.5 Å². The molecule has 1 atom stereocenters. The molecule has 0 fully saturated rings. The summed E-state index contributed by atoms with van der Waals surface area (Å²) in [5.74, 6) is 1.60. The zero-order valence-electron chi connectivity index (χ0n) is 12.9. The average Bonchev–Trinajstić information content (AvgIpc) is 2.39. The fourth-order valence-corrected chi connectivity index (χ4v) is 1.84. The van der Waals surface area contributed by atoms with Crippen molar-refractivity contribution in [1.29, 1.82) is 0 Å². The zero-order valence-corrected chi connectivity index (χ0v) is 12.9. The molecular formula is C16H28N2O. The molecule has 0 spiro atoms. The first-order valence-electron chi connectivity index (χ1n) is 7.07. The maximum atomic E-state index is 5.16. The lowest BCUT2D eigenvalue weighted by Crippen LogP contribution is -2.36. The van der Waals surface area contributed by atoms with Crippen LogP contribution in [-0.2, 0) is 6.54 Å². The van der Waals surface area contributed by atoms with E-state index in [2.05, 4.69) is 50.2 Å². The van der Waals surface area contributed by atoms with Gasteiger partial charge in [-0.15, -0.1) is 0 Å². The van der Waals surface area contributed by atoms with Crippen LogP contribution in [0, 0.1) is 5.92 Å². The molecule has 108 valence electrons. The Kier molecular flexibility index (Phi) is 6.89. The highest BCUT2D eigenvalue weighted by Gasteiger charge is 2.06. The van der Waals surface area contributed by atoms with Crippen molar-refractivity contribution in [2.24, 2.45) is 5.92 Å². The molecule has 0 saturated carbocycles. The van der Waals surface area contributed by atoms with Gasteiger partial charge in [0.25, 0.3) is 0 Å². The number of hydrogen-bond acceptors (Lipinski definition) is 3. The number of benzene rings is 1. The minimum atomic E-state index is 0.578. The van der Waals surface area contributed by atoms with Gasteiger partial charge in [-0.05, 0) is 37.6 Å². The number of hydrogen-bond donors (Lipinski definition) is 1. The van der Waals surface area contributed by atoms with Crippen LogP contribution in [0.2, 0.25) is 0 Å². The lowest BCUT2D eigenvalue weighted by molar-refractivity contribution is 0.308. The molecule has 0 aliphatic rings. The third kappa shape index (κ3) is 6.08. The monoisotopic (exact) mass is 264 g/mol. The van der Waals surface area contributed by atoms with E-state index in [1.54, 1.807) is 7.11 Å². The number of nitrogens with zero attached hydrogens (tertiary/aromatic N) is 1. The molecule has 1 aromatic carbocycles. The summed E-state index contributed by atoms with van der Waals surface area (Å²) in [6.07, 6.45) is 0. The van der Waals surface area contributed by atoms with Crippen molar-refractivity contribution in [3.05, 3.63) is 29.8 Å². The van der Waals surface area contributed by atoms with Crippen molar-refractivity contribution < 1.29 is 4.74 Å². The highest BCUT2D eigenvalue weighted by molar-refractivity contribution is 5.26. The van der Waals surface area contributed by atoms with E-state index in [0.29, 0.717) is 12.0 Å². The molecule has 0 radical (unpaired) electrons. The summed E-state index contributed by atoms with van der Waals surface area (Å²) >= 11 is 0. The molecule has 3 nitrogen and oxygen atoms in total. The van der Waals surface area contributed by atoms with E-state index in [1.807, 2.05) is 12.1 Å². The van der Waals surface area contributed by atoms with Crippen LogP contribution >= 0.6 is 0 Å². The normalized spacial score (nSPS) is 13.0. The molecule has 1 unspecified atom stereocenters. The summed E-state index contributed by atoms with van der Waals surface area (Å²) in [7, 11) is 3.86. The quantitative estimate of drug-likeness (QED) is 0.781. The molecule has 0 bridgehead atoms. The number of nitrogens with one attached hydrogen (secondary N) is 1. The van der Waals surface area contributed by atoms with Gasteiger partial charge >= 0.3 is 0 Å². The van der Waals surface area contributed by atoms with Crippen LogP contribution in [0.4, 0.5) is 0 Å². The predicted octanol–water partition coefficient (Wildman–Crippen LogP) is 2.76. The first-order chi connectivity index (χ1) is 9.02. The lowest BCUT2D eigenvalue weighted by Gasteiger charge is -2.21. The maximum absolute atomic E-state index is 5.16. The van der Waals surface area contributed by atoms with Crippen LogP contribution in [0.15, 0.2) is 24.3 Å². The van der Waals surface area contributed by atoms with Crippen molar-refractivity contribution in [2.45, 2.75) is 33.4 Å². The highest BCUT2D eigenvalue weighted by Crippen LogP contribution is 2.12. The summed E-state index contributed by atoms with van der Waals surface area (Å²) in [5.41, 5.74) is 1.32. The van der Waals surface area contributed by atoms with Crippen LogP contribution in [0.25, 0.3) is 0 Å². The minimum absolute atomic E-state index is 0.578. The van der Waals surface area contributed by atoms with Gasteiger partial charge in [-0.25, -0.2) is 0 Å². The van der Waals surface area contributed by atoms with E-state index < -0.39 is 0 Å². The Hall–Kier alpha value is -1.06. The molecule has 3 heteroatoms. The van der Waals surface area contributed by atoms with E-state index in [-0.39, 0.29) is 0 Å². The molecule has 0 saturated heterocycles. The second-order valence-corrected chi connectivity index (χ2v) is 5.57. The van der Waals surface area contributed by atoms with Crippen LogP contribution in [0.5, 0.6) is 5.75 Å². The SMILES string of the molecule is COc1ccc(CN(C)CCNC(C)C(C)C)cc1. The van der Waals surface area contributed by atoms with E-state index in [1.165, 1.54) is 5.56 Å². The zero-order chi connectivity index (χ0) is 14.3. The van der Waals surface area contributed by atoms with Gasteiger partial charge in [0.15, 0.2) is 0 Å². The first kappa shape index (κ1) is 16.0. The molecule has 0 heterocycles. The second kappa shape index (κ2) is 8.18. The van der Waals surface area contributed by atoms with Crippen LogP contribution < -0.4 is 10.1 Å². The fraction of sp³-hybridized carbons (Fsp3) is 0.625. The molecule has 0 aromatic heterocycles. The second-order valence-electron chi connectivity index (χ2n) is 5.57. The summed E-state index contributed by atoms with van der Waals surface area (Å²) in [6, 6.07) is 8.86. The van der Waals surface area contributed by atoms with E-state index in [4.69, 9.17) is 4.74 Å². The predicted molar refractivity (Wildman–Crippen MR) is 81.6 cm³/mol. The Morgan fingerprint density at radius 3 is 2.32 bits per heavy atom. The molecule has 1 rings (SSSR count). The van der Waals surface area contributed by atoms with Crippen molar-refractivity contribution in [2.75, 3.05) is 27.2 Å². The standard InChI is InChI=1S/C16H28N2O/c1-13(2)14(3)17-10-11-18(4)12-15-6-8-16(19-5)9-7-15/h6-9,13-14,17H,10-12H2,1-5H3. The maximum Gasteiger partial charge on any atom is 0.118 e. The molecule has 19 heavy (non-hydrogen) atoms. The van der Waals surface area contributed by atoms with E-state index in [0.717, 1.165) is 25.4 Å². The van der Waals surface area contributed by atoms with Gasteiger partial charge in [0.2, 0.25) is 0 Å². The van der Waals surface area contributed by atoms with Crippen molar-refractivity contribution in [3.8, 4) is 5.75 Å².